The summed E-state index contributed by atoms with van der Waals surface area (Å²) in [5, 5.41) is 0. The lowest BCUT2D eigenvalue weighted by atomic mass is 10.4. The maximum atomic E-state index is 12.1. The SMILES string of the molecule is COC(=O)CCN(C)S(=O)(=O)N1CCSCC1. The summed E-state index contributed by atoms with van der Waals surface area (Å²) < 4.78 is 31.3. The summed E-state index contributed by atoms with van der Waals surface area (Å²) in [7, 11) is -0.644. The maximum Gasteiger partial charge on any atom is 0.306 e. The van der Waals surface area contributed by atoms with Crippen LogP contribution >= 0.6 is 11.8 Å². The summed E-state index contributed by atoms with van der Waals surface area (Å²) in [4.78, 5) is 11.0. The van der Waals surface area contributed by atoms with Crippen molar-refractivity contribution in [2.75, 3.05) is 45.3 Å². The fraction of sp³-hybridized carbons (Fsp3) is 0.889. The molecule has 6 nitrogen and oxygen atoms in total. The van der Waals surface area contributed by atoms with Gasteiger partial charge < -0.3 is 4.74 Å². The minimum Gasteiger partial charge on any atom is -0.469 e. The second kappa shape index (κ2) is 6.58. The van der Waals surface area contributed by atoms with Gasteiger partial charge in [0, 0.05) is 38.2 Å². The van der Waals surface area contributed by atoms with Gasteiger partial charge in [0.1, 0.15) is 0 Å². The fourth-order valence-corrected chi connectivity index (χ4v) is 3.94. The van der Waals surface area contributed by atoms with Gasteiger partial charge >= 0.3 is 5.97 Å². The molecule has 17 heavy (non-hydrogen) atoms. The normalized spacial score (nSPS) is 18.3. The van der Waals surface area contributed by atoms with E-state index >= 15 is 0 Å². The molecule has 0 aromatic carbocycles. The van der Waals surface area contributed by atoms with E-state index in [1.165, 1.54) is 22.8 Å². The summed E-state index contributed by atoms with van der Waals surface area (Å²) >= 11 is 1.75. The van der Waals surface area contributed by atoms with E-state index in [1.54, 1.807) is 11.8 Å². The molecule has 0 amide bonds. The van der Waals surface area contributed by atoms with Gasteiger partial charge in [-0.25, -0.2) is 0 Å². The van der Waals surface area contributed by atoms with Crippen LogP contribution < -0.4 is 0 Å². The van der Waals surface area contributed by atoms with Crippen LogP contribution in [0.4, 0.5) is 0 Å². The van der Waals surface area contributed by atoms with Crippen LogP contribution in [0.25, 0.3) is 0 Å². The van der Waals surface area contributed by atoms with Gasteiger partial charge in [0.05, 0.1) is 13.5 Å². The molecular formula is C9H18N2O4S2. The van der Waals surface area contributed by atoms with Crippen LogP contribution in [-0.2, 0) is 19.7 Å². The molecule has 0 aliphatic carbocycles. The minimum atomic E-state index is -3.42. The van der Waals surface area contributed by atoms with Crippen molar-refractivity contribution in [3.63, 3.8) is 0 Å². The van der Waals surface area contributed by atoms with Crippen LogP contribution in [0.1, 0.15) is 6.42 Å². The predicted octanol–water partition coefficient (Wildman–Crippen LogP) is -0.225. The van der Waals surface area contributed by atoms with E-state index < -0.39 is 16.2 Å². The van der Waals surface area contributed by atoms with Gasteiger partial charge in [-0.15, -0.1) is 0 Å². The number of esters is 1. The lowest BCUT2D eigenvalue weighted by Gasteiger charge is -2.29. The molecule has 1 fully saturated rings. The smallest absolute Gasteiger partial charge is 0.306 e. The van der Waals surface area contributed by atoms with Gasteiger partial charge in [-0.05, 0) is 0 Å². The monoisotopic (exact) mass is 282 g/mol. The lowest BCUT2D eigenvalue weighted by molar-refractivity contribution is -0.140. The second-order valence-electron chi connectivity index (χ2n) is 3.67. The Balaban J connectivity index is 2.53. The number of hydrogen-bond donors (Lipinski definition) is 0. The molecule has 0 bridgehead atoms. The zero-order valence-corrected chi connectivity index (χ0v) is 11.7. The molecule has 8 heteroatoms. The topological polar surface area (TPSA) is 66.9 Å². The lowest BCUT2D eigenvalue weighted by Crippen LogP contribution is -2.46. The van der Waals surface area contributed by atoms with Gasteiger partial charge in [0.15, 0.2) is 0 Å². The first kappa shape index (κ1) is 14.7. The van der Waals surface area contributed by atoms with Crippen molar-refractivity contribution in [2.45, 2.75) is 6.42 Å². The molecule has 1 heterocycles. The number of rotatable bonds is 5. The molecule has 0 N–H and O–H groups in total. The molecule has 1 rings (SSSR count). The minimum absolute atomic E-state index is 0.0782. The summed E-state index contributed by atoms with van der Waals surface area (Å²) in [5.41, 5.74) is 0. The highest BCUT2D eigenvalue weighted by Crippen LogP contribution is 2.15. The number of hydrogen-bond acceptors (Lipinski definition) is 5. The average Bonchev–Trinajstić information content (AvgIpc) is 2.36. The fourth-order valence-electron chi connectivity index (χ4n) is 1.44. The first-order valence-corrected chi connectivity index (χ1v) is 7.89. The number of nitrogens with zero attached hydrogens (tertiary/aromatic N) is 2. The number of methoxy groups -OCH3 is 1. The molecule has 1 aliphatic rings. The Kier molecular flexibility index (Phi) is 5.71. The van der Waals surface area contributed by atoms with Crippen LogP contribution in [0.5, 0.6) is 0 Å². The third-order valence-corrected chi connectivity index (χ3v) is 5.48. The van der Waals surface area contributed by atoms with Gasteiger partial charge in [-0.1, -0.05) is 0 Å². The van der Waals surface area contributed by atoms with Crippen molar-refractivity contribution in [2.24, 2.45) is 0 Å². The Bertz CT molecular complexity index is 352. The summed E-state index contributed by atoms with van der Waals surface area (Å²) in [6.45, 7) is 1.23. The van der Waals surface area contributed by atoms with Crippen molar-refractivity contribution in [3.8, 4) is 0 Å². The standard InChI is InChI=1S/C9H18N2O4S2/c1-10(4-3-9(12)15-2)17(13,14)11-5-7-16-8-6-11/h3-8H2,1-2H3. The molecule has 100 valence electrons. The zero-order chi connectivity index (χ0) is 12.9. The maximum absolute atomic E-state index is 12.1. The second-order valence-corrected chi connectivity index (χ2v) is 6.93. The van der Waals surface area contributed by atoms with Gasteiger partial charge in [-0.2, -0.15) is 28.8 Å². The van der Waals surface area contributed by atoms with Crippen molar-refractivity contribution in [1.29, 1.82) is 0 Å². The highest BCUT2D eigenvalue weighted by molar-refractivity contribution is 7.99. The molecule has 1 aliphatic heterocycles. The van der Waals surface area contributed by atoms with E-state index in [-0.39, 0.29) is 13.0 Å². The Labute approximate surface area is 106 Å². The number of thioether (sulfide) groups is 1. The Morgan fingerprint density at radius 3 is 2.53 bits per heavy atom. The van der Waals surface area contributed by atoms with E-state index in [2.05, 4.69) is 4.74 Å². The van der Waals surface area contributed by atoms with Gasteiger partial charge in [0.2, 0.25) is 0 Å². The highest BCUT2D eigenvalue weighted by Gasteiger charge is 2.28. The van der Waals surface area contributed by atoms with Crippen LogP contribution in [0.15, 0.2) is 0 Å². The van der Waals surface area contributed by atoms with Crippen molar-refractivity contribution in [1.82, 2.24) is 8.61 Å². The molecular weight excluding hydrogens is 264 g/mol. The first-order chi connectivity index (χ1) is 7.98. The van der Waals surface area contributed by atoms with Crippen molar-refractivity contribution in [3.05, 3.63) is 0 Å². The number of carbonyl (C=O) groups is 1. The molecule has 1 saturated heterocycles. The molecule has 0 radical (unpaired) electrons. The molecule has 0 spiro atoms. The third-order valence-electron chi connectivity index (χ3n) is 2.55. The van der Waals surface area contributed by atoms with E-state index in [1.807, 2.05) is 0 Å². The van der Waals surface area contributed by atoms with Crippen LogP contribution in [0.3, 0.4) is 0 Å². The van der Waals surface area contributed by atoms with E-state index in [0.29, 0.717) is 13.1 Å². The van der Waals surface area contributed by atoms with E-state index in [9.17, 15) is 13.2 Å². The number of carbonyl (C=O) groups excluding carboxylic acids is 1. The Morgan fingerprint density at radius 1 is 1.41 bits per heavy atom. The predicted molar refractivity (Wildman–Crippen MR) is 67.1 cm³/mol. The largest absolute Gasteiger partial charge is 0.469 e. The summed E-state index contributed by atoms with van der Waals surface area (Å²) in [6.07, 6.45) is 0.0782. The van der Waals surface area contributed by atoms with Gasteiger partial charge in [0.25, 0.3) is 10.2 Å². The molecule has 0 saturated carbocycles. The van der Waals surface area contributed by atoms with Crippen LogP contribution in [-0.4, -0.2) is 68.3 Å². The molecule has 0 atom stereocenters. The Hall–Kier alpha value is -0.310. The van der Waals surface area contributed by atoms with Crippen LogP contribution in [0, 0.1) is 0 Å². The van der Waals surface area contributed by atoms with Crippen LogP contribution in [0.2, 0.25) is 0 Å². The zero-order valence-electron chi connectivity index (χ0n) is 10.1. The summed E-state index contributed by atoms with van der Waals surface area (Å²) in [5.74, 6) is 1.25. The van der Waals surface area contributed by atoms with Crippen molar-refractivity contribution < 1.29 is 17.9 Å². The highest BCUT2D eigenvalue weighted by atomic mass is 32.2. The average molecular weight is 282 g/mol. The molecule has 0 aromatic rings. The number of ether oxygens (including phenoxy) is 1. The molecule has 0 unspecified atom stereocenters. The van der Waals surface area contributed by atoms with Gasteiger partial charge in [-0.3, -0.25) is 4.79 Å². The van der Waals surface area contributed by atoms with Crippen molar-refractivity contribution >= 4 is 27.9 Å². The quantitative estimate of drug-likeness (QED) is 0.652. The summed E-state index contributed by atoms with van der Waals surface area (Å²) in [6, 6.07) is 0. The van der Waals surface area contributed by atoms with E-state index in [4.69, 9.17) is 0 Å². The Morgan fingerprint density at radius 2 is 2.00 bits per heavy atom. The third kappa shape index (κ3) is 4.13. The van der Waals surface area contributed by atoms with E-state index in [0.717, 1.165) is 11.5 Å². The first-order valence-electron chi connectivity index (χ1n) is 5.34. The molecule has 0 aromatic heterocycles.